The summed E-state index contributed by atoms with van der Waals surface area (Å²) in [5.41, 5.74) is 4.10. The smallest absolute Gasteiger partial charge is 0.155 e. The van der Waals surface area contributed by atoms with Gasteiger partial charge in [-0.1, -0.05) is 6.58 Å². The SMILES string of the molecule is C=C(c1cc2ncc(Br)cn2n1)N1CCc2sccc2[C@H]1C. The lowest BCUT2D eigenvalue weighted by Gasteiger charge is -2.36. The Morgan fingerprint density at radius 1 is 1.50 bits per heavy atom. The average Bonchev–Trinajstić information content (AvgIpc) is 3.12. The molecule has 4 rings (SSSR count). The van der Waals surface area contributed by atoms with Crippen LogP contribution in [0, 0.1) is 0 Å². The van der Waals surface area contributed by atoms with Crippen molar-refractivity contribution in [2.75, 3.05) is 6.54 Å². The monoisotopic (exact) mass is 374 g/mol. The Morgan fingerprint density at radius 2 is 2.36 bits per heavy atom. The fraction of sp³-hybridized carbons (Fsp3) is 0.250. The molecular weight excluding hydrogens is 360 g/mol. The molecule has 0 saturated carbocycles. The number of hydrogen-bond acceptors (Lipinski definition) is 4. The number of fused-ring (bicyclic) bond motifs is 2. The molecule has 3 aromatic heterocycles. The number of rotatable bonds is 2. The van der Waals surface area contributed by atoms with Gasteiger partial charge in [-0.3, -0.25) is 0 Å². The van der Waals surface area contributed by atoms with Crippen LogP contribution in [0.25, 0.3) is 11.3 Å². The van der Waals surface area contributed by atoms with Gasteiger partial charge in [0.25, 0.3) is 0 Å². The second-order valence-corrected chi connectivity index (χ2v) is 7.39. The predicted molar refractivity (Wildman–Crippen MR) is 92.9 cm³/mol. The van der Waals surface area contributed by atoms with Gasteiger partial charge in [-0.2, -0.15) is 5.10 Å². The number of halogens is 1. The Bertz CT molecular complexity index is 866. The van der Waals surface area contributed by atoms with Crippen LogP contribution < -0.4 is 0 Å². The first kappa shape index (κ1) is 14.0. The first-order valence-corrected chi connectivity index (χ1v) is 8.84. The fourth-order valence-corrected chi connectivity index (χ4v) is 4.28. The van der Waals surface area contributed by atoms with E-state index in [4.69, 9.17) is 0 Å². The highest BCUT2D eigenvalue weighted by atomic mass is 79.9. The van der Waals surface area contributed by atoms with E-state index in [9.17, 15) is 0 Å². The van der Waals surface area contributed by atoms with Crippen LogP contribution in [0.15, 0.2) is 41.0 Å². The van der Waals surface area contributed by atoms with Gasteiger partial charge >= 0.3 is 0 Å². The van der Waals surface area contributed by atoms with Gasteiger partial charge in [0.05, 0.1) is 16.2 Å². The van der Waals surface area contributed by atoms with E-state index in [1.807, 2.05) is 23.6 Å². The van der Waals surface area contributed by atoms with Gasteiger partial charge in [0, 0.05) is 29.9 Å². The van der Waals surface area contributed by atoms with Crippen LogP contribution in [0.2, 0.25) is 0 Å². The molecule has 6 heteroatoms. The molecule has 0 aromatic carbocycles. The number of hydrogen-bond donors (Lipinski definition) is 0. The van der Waals surface area contributed by atoms with Crippen molar-refractivity contribution in [1.29, 1.82) is 0 Å². The highest BCUT2D eigenvalue weighted by molar-refractivity contribution is 9.10. The largest absolute Gasteiger partial charge is 0.363 e. The molecule has 0 bridgehead atoms. The molecule has 0 aliphatic carbocycles. The molecule has 1 aliphatic rings. The van der Waals surface area contributed by atoms with Crippen molar-refractivity contribution in [3.63, 3.8) is 0 Å². The Hall–Kier alpha value is -1.66. The molecule has 0 spiro atoms. The molecule has 0 unspecified atom stereocenters. The van der Waals surface area contributed by atoms with Crippen LogP contribution in [0.5, 0.6) is 0 Å². The zero-order valence-corrected chi connectivity index (χ0v) is 14.6. The van der Waals surface area contributed by atoms with Crippen molar-refractivity contribution < 1.29 is 0 Å². The van der Waals surface area contributed by atoms with Crippen LogP contribution in [0.1, 0.15) is 29.1 Å². The second kappa shape index (κ2) is 5.21. The van der Waals surface area contributed by atoms with E-state index in [2.05, 4.69) is 55.9 Å². The van der Waals surface area contributed by atoms with E-state index in [1.54, 1.807) is 10.7 Å². The molecule has 1 atom stereocenters. The quantitative estimate of drug-likeness (QED) is 0.675. The third-order valence-corrected chi connectivity index (χ3v) is 5.61. The molecule has 0 N–H and O–H groups in total. The molecule has 4 nitrogen and oxygen atoms in total. The minimum Gasteiger partial charge on any atom is -0.363 e. The van der Waals surface area contributed by atoms with Crippen molar-refractivity contribution in [1.82, 2.24) is 19.5 Å². The summed E-state index contributed by atoms with van der Waals surface area (Å²) in [4.78, 5) is 8.21. The lowest BCUT2D eigenvalue weighted by atomic mass is 10.0. The lowest BCUT2D eigenvalue weighted by Crippen LogP contribution is -2.31. The van der Waals surface area contributed by atoms with Gasteiger partial charge in [-0.05, 0) is 46.3 Å². The molecule has 4 heterocycles. The van der Waals surface area contributed by atoms with E-state index >= 15 is 0 Å². The molecule has 0 amide bonds. The number of nitrogens with zero attached hydrogens (tertiary/aromatic N) is 4. The molecule has 112 valence electrons. The van der Waals surface area contributed by atoms with Crippen molar-refractivity contribution in [3.8, 4) is 0 Å². The van der Waals surface area contributed by atoms with Gasteiger partial charge in [0.1, 0.15) is 5.69 Å². The third kappa shape index (κ3) is 2.18. The highest BCUT2D eigenvalue weighted by Gasteiger charge is 2.27. The summed E-state index contributed by atoms with van der Waals surface area (Å²) in [5.74, 6) is 0. The Labute approximate surface area is 141 Å². The molecule has 22 heavy (non-hydrogen) atoms. The van der Waals surface area contributed by atoms with Crippen molar-refractivity contribution in [3.05, 3.63) is 57.1 Å². The van der Waals surface area contributed by atoms with E-state index in [-0.39, 0.29) is 0 Å². The summed E-state index contributed by atoms with van der Waals surface area (Å²) in [5, 5.41) is 6.79. The number of aromatic nitrogens is 3. The van der Waals surface area contributed by atoms with E-state index in [1.165, 1.54) is 10.4 Å². The second-order valence-electron chi connectivity index (χ2n) is 5.47. The standard InChI is InChI=1S/C16H15BrN4S/c1-10-13-4-6-22-15(13)3-5-20(10)11(2)14-7-16-18-8-12(17)9-21(16)19-14/h4,6-10H,2-3,5H2,1H3/t10-/m1/s1. The summed E-state index contributed by atoms with van der Waals surface area (Å²) >= 11 is 5.28. The zero-order chi connectivity index (χ0) is 15.3. The van der Waals surface area contributed by atoms with Gasteiger partial charge in [-0.25, -0.2) is 9.50 Å². The summed E-state index contributed by atoms with van der Waals surface area (Å²) in [6.45, 7) is 7.51. The van der Waals surface area contributed by atoms with Gasteiger partial charge in [0.15, 0.2) is 5.65 Å². The third-order valence-electron chi connectivity index (χ3n) is 4.20. The minimum absolute atomic E-state index is 0.340. The first-order valence-electron chi connectivity index (χ1n) is 7.16. The van der Waals surface area contributed by atoms with Crippen molar-refractivity contribution in [2.24, 2.45) is 0 Å². The van der Waals surface area contributed by atoms with Gasteiger partial charge in [-0.15, -0.1) is 11.3 Å². The first-order chi connectivity index (χ1) is 10.6. The minimum atomic E-state index is 0.340. The molecule has 1 aliphatic heterocycles. The Kier molecular flexibility index (Phi) is 3.31. The predicted octanol–water partition coefficient (Wildman–Crippen LogP) is 4.14. The lowest BCUT2D eigenvalue weighted by molar-refractivity contribution is 0.303. The maximum Gasteiger partial charge on any atom is 0.155 e. The highest BCUT2D eigenvalue weighted by Crippen LogP contribution is 2.36. The maximum absolute atomic E-state index is 4.61. The van der Waals surface area contributed by atoms with E-state index in [0.717, 1.165) is 34.5 Å². The number of thiophene rings is 1. The van der Waals surface area contributed by atoms with E-state index in [0.29, 0.717) is 6.04 Å². The summed E-state index contributed by atoms with van der Waals surface area (Å²) in [6, 6.07) is 4.56. The van der Waals surface area contributed by atoms with Gasteiger partial charge < -0.3 is 4.90 Å². The summed E-state index contributed by atoms with van der Waals surface area (Å²) in [7, 11) is 0. The molecular formula is C16H15BrN4S. The van der Waals surface area contributed by atoms with Crippen molar-refractivity contribution in [2.45, 2.75) is 19.4 Å². The van der Waals surface area contributed by atoms with Crippen LogP contribution in [0.3, 0.4) is 0 Å². The summed E-state index contributed by atoms with van der Waals surface area (Å²) < 4.78 is 2.70. The molecule has 0 radical (unpaired) electrons. The van der Waals surface area contributed by atoms with E-state index < -0.39 is 0 Å². The molecule has 0 saturated heterocycles. The zero-order valence-electron chi connectivity index (χ0n) is 12.2. The van der Waals surface area contributed by atoms with Crippen LogP contribution in [-0.2, 0) is 6.42 Å². The van der Waals surface area contributed by atoms with Crippen LogP contribution >= 0.6 is 27.3 Å². The Balaban J connectivity index is 1.68. The Morgan fingerprint density at radius 3 is 3.23 bits per heavy atom. The maximum atomic E-state index is 4.61. The van der Waals surface area contributed by atoms with Crippen LogP contribution in [-0.4, -0.2) is 26.0 Å². The molecule has 3 aromatic rings. The van der Waals surface area contributed by atoms with Crippen LogP contribution in [0.4, 0.5) is 0 Å². The average molecular weight is 375 g/mol. The fourth-order valence-electron chi connectivity index (χ4n) is 3.02. The molecule has 0 fully saturated rings. The normalized spacial score (nSPS) is 17.7. The topological polar surface area (TPSA) is 33.4 Å². The summed E-state index contributed by atoms with van der Waals surface area (Å²) in [6.07, 6.45) is 4.77. The van der Waals surface area contributed by atoms with Crippen molar-refractivity contribution >= 4 is 38.6 Å². The van der Waals surface area contributed by atoms with Gasteiger partial charge in [0.2, 0.25) is 0 Å².